The Morgan fingerprint density at radius 2 is 1.85 bits per heavy atom. The van der Waals surface area contributed by atoms with Gasteiger partial charge in [0.15, 0.2) is 0 Å². The van der Waals surface area contributed by atoms with Gasteiger partial charge in [0.2, 0.25) is 0 Å². The number of amides is 2. The van der Waals surface area contributed by atoms with Crippen LogP contribution in [0.15, 0.2) is 30.5 Å². The zero-order valence-electron chi connectivity index (χ0n) is 14.9. The third kappa shape index (κ3) is 4.22. The van der Waals surface area contributed by atoms with Crippen LogP contribution in [0.4, 0.5) is 5.69 Å². The number of pyridine rings is 1. The van der Waals surface area contributed by atoms with Crippen molar-refractivity contribution in [2.24, 2.45) is 0 Å². The number of carbonyl (C=O) groups is 2. The van der Waals surface area contributed by atoms with Crippen LogP contribution >= 0.6 is 11.6 Å². The average molecular weight is 372 g/mol. The van der Waals surface area contributed by atoms with Gasteiger partial charge in [0.25, 0.3) is 11.8 Å². The molecule has 1 aliphatic rings. The second kappa shape index (κ2) is 7.87. The highest BCUT2D eigenvalue weighted by Crippen LogP contribution is 2.27. The predicted octanol–water partition coefficient (Wildman–Crippen LogP) is 4.28. The molecule has 0 aliphatic heterocycles. The molecule has 3 rings (SSSR count). The molecular formula is C20H22ClN3O2. The Morgan fingerprint density at radius 1 is 1.12 bits per heavy atom. The van der Waals surface area contributed by atoms with Crippen molar-refractivity contribution < 1.29 is 9.59 Å². The van der Waals surface area contributed by atoms with E-state index in [0.29, 0.717) is 16.3 Å². The smallest absolute Gasteiger partial charge is 0.274 e. The van der Waals surface area contributed by atoms with Crippen LogP contribution in [0.1, 0.15) is 57.7 Å². The number of rotatable bonds is 4. The molecule has 2 amide bonds. The highest BCUT2D eigenvalue weighted by atomic mass is 35.5. The van der Waals surface area contributed by atoms with Crippen LogP contribution in [0.5, 0.6) is 0 Å². The topological polar surface area (TPSA) is 71.1 Å². The van der Waals surface area contributed by atoms with Crippen molar-refractivity contribution in [1.82, 2.24) is 10.3 Å². The van der Waals surface area contributed by atoms with E-state index in [-0.39, 0.29) is 17.6 Å². The van der Waals surface area contributed by atoms with Crippen LogP contribution in [0.25, 0.3) is 0 Å². The van der Waals surface area contributed by atoms with Crippen LogP contribution < -0.4 is 10.6 Å². The molecule has 2 aromatic rings. The summed E-state index contributed by atoms with van der Waals surface area (Å²) < 4.78 is 0. The first-order chi connectivity index (χ1) is 12.4. The Labute approximate surface area is 158 Å². The van der Waals surface area contributed by atoms with Crippen molar-refractivity contribution in [2.75, 3.05) is 5.32 Å². The van der Waals surface area contributed by atoms with Crippen molar-refractivity contribution in [3.63, 3.8) is 0 Å². The van der Waals surface area contributed by atoms with Gasteiger partial charge in [-0.05, 0) is 56.0 Å². The number of anilines is 1. The zero-order chi connectivity index (χ0) is 18.7. The summed E-state index contributed by atoms with van der Waals surface area (Å²) in [5.41, 5.74) is 3.07. The maximum Gasteiger partial charge on any atom is 0.274 e. The lowest BCUT2D eigenvalue weighted by Gasteiger charge is -2.13. The van der Waals surface area contributed by atoms with Crippen molar-refractivity contribution in [3.05, 3.63) is 57.9 Å². The molecule has 0 unspecified atom stereocenters. The van der Waals surface area contributed by atoms with Gasteiger partial charge >= 0.3 is 0 Å². The summed E-state index contributed by atoms with van der Waals surface area (Å²) in [6.07, 6.45) is 5.78. The van der Waals surface area contributed by atoms with Gasteiger partial charge in [-0.25, -0.2) is 0 Å². The standard InChI is InChI=1S/C20H22ClN3O2/c1-12-9-13(2)18(16(21)10-12)24-20(26)17-11-14(7-8-22-17)19(25)23-15-5-3-4-6-15/h7-11,15H,3-6H2,1-2H3,(H,23,25)(H,24,26). The zero-order valence-corrected chi connectivity index (χ0v) is 15.7. The van der Waals surface area contributed by atoms with E-state index >= 15 is 0 Å². The summed E-state index contributed by atoms with van der Waals surface area (Å²) in [4.78, 5) is 29.0. The molecule has 2 N–H and O–H groups in total. The normalized spacial score (nSPS) is 14.3. The predicted molar refractivity (Wildman–Crippen MR) is 103 cm³/mol. The Kier molecular flexibility index (Phi) is 5.57. The maximum atomic E-state index is 12.6. The molecule has 136 valence electrons. The summed E-state index contributed by atoms with van der Waals surface area (Å²) in [6.45, 7) is 3.83. The molecule has 1 aromatic carbocycles. The number of nitrogens with zero attached hydrogens (tertiary/aromatic N) is 1. The maximum absolute atomic E-state index is 12.6. The summed E-state index contributed by atoms with van der Waals surface area (Å²) in [6, 6.07) is 7.09. The third-order valence-corrected chi connectivity index (χ3v) is 4.91. The molecule has 1 fully saturated rings. The fraction of sp³-hybridized carbons (Fsp3) is 0.350. The van der Waals surface area contributed by atoms with Crippen LogP contribution in [0.3, 0.4) is 0 Å². The first-order valence-corrected chi connectivity index (χ1v) is 9.17. The molecule has 1 aromatic heterocycles. The van der Waals surface area contributed by atoms with E-state index in [1.54, 1.807) is 12.1 Å². The SMILES string of the molecule is Cc1cc(C)c(NC(=O)c2cc(C(=O)NC3CCCC3)ccn2)c(Cl)c1. The van der Waals surface area contributed by atoms with E-state index in [2.05, 4.69) is 15.6 Å². The quantitative estimate of drug-likeness (QED) is 0.842. The molecule has 5 nitrogen and oxygen atoms in total. The fourth-order valence-electron chi connectivity index (χ4n) is 3.29. The molecule has 0 atom stereocenters. The first-order valence-electron chi connectivity index (χ1n) is 8.79. The molecule has 1 saturated carbocycles. The summed E-state index contributed by atoms with van der Waals surface area (Å²) >= 11 is 6.24. The highest BCUT2D eigenvalue weighted by Gasteiger charge is 2.19. The van der Waals surface area contributed by atoms with Crippen LogP contribution in [0, 0.1) is 13.8 Å². The van der Waals surface area contributed by atoms with Crippen LogP contribution in [-0.4, -0.2) is 22.8 Å². The van der Waals surface area contributed by atoms with Crippen LogP contribution in [0.2, 0.25) is 5.02 Å². The van der Waals surface area contributed by atoms with E-state index in [0.717, 1.165) is 36.8 Å². The van der Waals surface area contributed by atoms with Gasteiger partial charge < -0.3 is 10.6 Å². The molecule has 0 radical (unpaired) electrons. The van der Waals surface area contributed by atoms with Crippen LogP contribution in [-0.2, 0) is 0 Å². The van der Waals surface area contributed by atoms with Crippen molar-refractivity contribution in [2.45, 2.75) is 45.6 Å². The average Bonchev–Trinajstić information content (AvgIpc) is 3.11. The Morgan fingerprint density at radius 3 is 2.54 bits per heavy atom. The lowest BCUT2D eigenvalue weighted by molar-refractivity contribution is 0.0937. The number of benzene rings is 1. The van der Waals surface area contributed by atoms with Crippen molar-refractivity contribution in [3.8, 4) is 0 Å². The second-order valence-electron chi connectivity index (χ2n) is 6.78. The number of carbonyl (C=O) groups excluding carboxylic acids is 2. The Balaban J connectivity index is 1.75. The number of hydrogen-bond donors (Lipinski definition) is 2. The summed E-state index contributed by atoms with van der Waals surface area (Å²) in [5, 5.41) is 6.29. The number of nitrogens with one attached hydrogen (secondary N) is 2. The molecule has 0 saturated heterocycles. The van der Waals surface area contributed by atoms with Crippen molar-refractivity contribution in [1.29, 1.82) is 0 Å². The largest absolute Gasteiger partial charge is 0.349 e. The Hall–Kier alpha value is -2.40. The minimum absolute atomic E-state index is 0.169. The summed E-state index contributed by atoms with van der Waals surface area (Å²) in [7, 11) is 0. The molecule has 0 spiro atoms. The minimum atomic E-state index is -0.394. The number of halogens is 1. The minimum Gasteiger partial charge on any atom is -0.349 e. The van der Waals surface area contributed by atoms with Gasteiger partial charge in [-0.2, -0.15) is 0 Å². The number of aromatic nitrogens is 1. The van der Waals surface area contributed by atoms with E-state index in [1.165, 1.54) is 12.3 Å². The van der Waals surface area contributed by atoms with Crippen molar-refractivity contribution >= 4 is 29.1 Å². The number of aryl methyl sites for hydroxylation is 2. The third-order valence-electron chi connectivity index (χ3n) is 4.62. The molecule has 1 aliphatic carbocycles. The van der Waals surface area contributed by atoms with E-state index in [9.17, 15) is 9.59 Å². The highest BCUT2D eigenvalue weighted by molar-refractivity contribution is 6.34. The second-order valence-corrected chi connectivity index (χ2v) is 7.18. The lowest BCUT2D eigenvalue weighted by Crippen LogP contribution is -2.32. The molecule has 26 heavy (non-hydrogen) atoms. The van der Waals surface area contributed by atoms with Gasteiger partial charge in [-0.1, -0.05) is 30.5 Å². The molecule has 1 heterocycles. The summed E-state index contributed by atoms with van der Waals surface area (Å²) in [5.74, 6) is -0.563. The van der Waals surface area contributed by atoms with E-state index < -0.39 is 5.91 Å². The molecule has 6 heteroatoms. The Bertz CT molecular complexity index is 822. The van der Waals surface area contributed by atoms with Gasteiger partial charge in [-0.15, -0.1) is 0 Å². The van der Waals surface area contributed by atoms with Gasteiger partial charge in [0.1, 0.15) is 5.69 Å². The van der Waals surface area contributed by atoms with Gasteiger partial charge in [-0.3, -0.25) is 14.6 Å². The molecular weight excluding hydrogens is 350 g/mol. The van der Waals surface area contributed by atoms with E-state index in [4.69, 9.17) is 11.6 Å². The van der Waals surface area contributed by atoms with Gasteiger partial charge in [0, 0.05) is 17.8 Å². The lowest BCUT2D eigenvalue weighted by atomic mass is 10.1. The number of hydrogen-bond acceptors (Lipinski definition) is 3. The van der Waals surface area contributed by atoms with E-state index in [1.807, 2.05) is 19.9 Å². The fourth-order valence-corrected chi connectivity index (χ4v) is 3.65. The monoisotopic (exact) mass is 371 g/mol. The first kappa shape index (κ1) is 18.4. The molecule has 0 bridgehead atoms. The van der Waals surface area contributed by atoms with Gasteiger partial charge in [0.05, 0.1) is 10.7 Å².